The maximum atomic E-state index is 12.2. The van der Waals surface area contributed by atoms with E-state index in [2.05, 4.69) is 0 Å². The Morgan fingerprint density at radius 1 is 1.44 bits per heavy atom. The summed E-state index contributed by atoms with van der Waals surface area (Å²) in [7, 11) is -3.07. The fourth-order valence-electron chi connectivity index (χ4n) is 2.22. The zero-order chi connectivity index (χ0) is 13.8. The van der Waals surface area contributed by atoms with Crippen LogP contribution in [0.4, 0.5) is 0 Å². The van der Waals surface area contributed by atoms with Crippen molar-refractivity contribution in [2.24, 2.45) is 0 Å². The molecule has 2 atom stereocenters. The molecule has 5 nitrogen and oxygen atoms in total. The van der Waals surface area contributed by atoms with Crippen LogP contribution < -0.4 is 0 Å². The van der Waals surface area contributed by atoms with Gasteiger partial charge in [0.1, 0.15) is 6.10 Å². The third-order valence-electron chi connectivity index (χ3n) is 3.30. The molecule has 0 aromatic carbocycles. The number of amides is 1. The number of likely N-dealkylation sites (N-methyl/N-ethyl adjacent to an activating group) is 1. The number of ether oxygens (including phenoxy) is 1. The van der Waals surface area contributed by atoms with Gasteiger partial charge in [-0.25, -0.2) is 8.42 Å². The summed E-state index contributed by atoms with van der Waals surface area (Å²) in [6, 6.07) is -0.295. The Labute approximate surface area is 109 Å². The molecule has 1 saturated heterocycles. The van der Waals surface area contributed by atoms with Crippen LogP contribution in [0.2, 0.25) is 0 Å². The monoisotopic (exact) mass is 277 g/mol. The molecule has 0 aliphatic carbocycles. The second-order valence-electron chi connectivity index (χ2n) is 4.67. The molecule has 18 heavy (non-hydrogen) atoms. The van der Waals surface area contributed by atoms with E-state index in [4.69, 9.17) is 4.74 Å². The number of hydrogen-bond donors (Lipinski definition) is 0. The summed E-state index contributed by atoms with van der Waals surface area (Å²) < 4.78 is 28.6. The Kier molecular flexibility index (Phi) is 5.59. The molecule has 106 valence electrons. The first kappa shape index (κ1) is 15.4. The first-order chi connectivity index (χ1) is 8.41. The standard InChI is InChI=1S/C12H23NO4S/c1-4-13(10(3)9-18(15,16)5-2)12(14)11-7-6-8-17-11/h10-11H,4-9H2,1-3H3. The summed E-state index contributed by atoms with van der Waals surface area (Å²) in [5, 5.41) is 0. The lowest BCUT2D eigenvalue weighted by atomic mass is 10.2. The van der Waals surface area contributed by atoms with Crippen LogP contribution in [-0.4, -0.2) is 56.0 Å². The Bertz CT molecular complexity index is 374. The van der Waals surface area contributed by atoms with E-state index in [9.17, 15) is 13.2 Å². The largest absolute Gasteiger partial charge is 0.368 e. The molecule has 0 aromatic rings. The van der Waals surface area contributed by atoms with Gasteiger partial charge in [-0.2, -0.15) is 0 Å². The topological polar surface area (TPSA) is 63.7 Å². The number of hydrogen-bond acceptors (Lipinski definition) is 4. The molecule has 1 aliphatic heterocycles. The highest BCUT2D eigenvalue weighted by Crippen LogP contribution is 2.16. The Morgan fingerprint density at radius 3 is 2.56 bits per heavy atom. The highest BCUT2D eigenvalue weighted by atomic mass is 32.2. The summed E-state index contributed by atoms with van der Waals surface area (Å²) >= 11 is 0. The van der Waals surface area contributed by atoms with Crippen LogP contribution in [0.1, 0.15) is 33.6 Å². The third kappa shape index (κ3) is 3.95. The van der Waals surface area contributed by atoms with Gasteiger partial charge < -0.3 is 9.64 Å². The molecule has 6 heteroatoms. The van der Waals surface area contributed by atoms with E-state index in [0.29, 0.717) is 13.2 Å². The average molecular weight is 277 g/mol. The van der Waals surface area contributed by atoms with E-state index >= 15 is 0 Å². The summed E-state index contributed by atoms with van der Waals surface area (Å²) in [6.07, 6.45) is 1.26. The van der Waals surface area contributed by atoms with Gasteiger partial charge in [-0.05, 0) is 26.7 Å². The van der Waals surface area contributed by atoms with E-state index in [1.54, 1.807) is 18.7 Å². The van der Waals surface area contributed by atoms with Gasteiger partial charge in [-0.1, -0.05) is 6.92 Å². The maximum Gasteiger partial charge on any atom is 0.251 e. The average Bonchev–Trinajstić information content (AvgIpc) is 2.82. The van der Waals surface area contributed by atoms with E-state index in [1.165, 1.54) is 0 Å². The van der Waals surface area contributed by atoms with Crippen molar-refractivity contribution in [3.8, 4) is 0 Å². The van der Waals surface area contributed by atoms with Crippen LogP contribution in [0.3, 0.4) is 0 Å². The van der Waals surface area contributed by atoms with Crippen molar-refractivity contribution < 1.29 is 17.9 Å². The predicted octanol–water partition coefficient (Wildman–Crippen LogP) is 0.837. The minimum Gasteiger partial charge on any atom is -0.368 e. The number of nitrogens with zero attached hydrogens (tertiary/aromatic N) is 1. The number of rotatable bonds is 6. The van der Waals surface area contributed by atoms with Gasteiger partial charge in [0.25, 0.3) is 5.91 Å². The summed E-state index contributed by atoms with van der Waals surface area (Å²) in [4.78, 5) is 13.8. The normalized spacial score (nSPS) is 21.8. The molecular weight excluding hydrogens is 254 g/mol. The van der Waals surface area contributed by atoms with E-state index < -0.39 is 9.84 Å². The lowest BCUT2D eigenvalue weighted by molar-refractivity contribution is -0.142. The fraction of sp³-hybridized carbons (Fsp3) is 0.917. The molecule has 0 radical (unpaired) electrons. The van der Waals surface area contributed by atoms with Gasteiger partial charge in [0.15, 0.2) is 9.84 Å². The van der Waals surface area contributed by atoms with Gasteiger partial charge in [-0.15, -0.1) is 0 Å². The van der Waals surface area contributed by atoms with Crippen molar-refractivity contribution in [3.05, 3.63) is 0 Å². The molecule has 0 spiro atoms. The van der Waals surface area contributed by atoms with Gasteiger partial charge in [0, 0.05) is 24.9 Å². The smallest absolute Gasteiger partial charge is 0.251 e. The Morgan fingerprint density at radius 2 is 2.11 bits per heavy atom. The highest BCUT2D eigenvalue weighted by molar-refractivity contribution is 7.91. The summed E-state index contributed by atoms with van der Waals surface area (Å²) in [5.74, 6) is 0.0625. The molecule has 1 fully saturated rings. The highest BCUT2D eigenvalue weighted by Gasteiger charge is 2.31. The van der Waals surface area contributed by atoms with Crippen LogP contribution in [-0.2, 0) is 19.4 Å². The van der Waals surface area contributed by atoms with Gasteiger partial charge in [-0.3, -0.25) is 4.79 Å². The molecule has 0 N–H and O–H groups in total. The van der Waals surface area contributed by atoms with Crippen molar-refractivity contribution in [2.75, 3.05) is 24.7 Å². The number of carbonyl (C=O) groups excluding carboxylic acids is 1. The molecule has 1 heterocycles. The van der Waals surface area contributed by atoms with Crippen LogP contribution in [0.15, 0.2) is 0 Å². The van der Waals surface area contributed by atoms with Crippen LogP contribution in [0.25, 0.3) is 0 Å². The Hall–Kier alpha value is -0.620. The second kappa shape index (κ2) is 6.52. The zero-order valence-corrected chi connectivity index (χ0v) is 12.2. The molecule has 0 bridgehead atoms. The SMILES string of the molecule is CCN(C(=O)C1CCCO1)C(C)CS(=O)(=O)CC. The molecule has 1 amide bonds. The van der Waals surface area contributed by atoms with Crippen LogP contribution in [0.5, 0.6) is 0 Å². The van der Waals surface area contributed by atoms with Crippen molar-refractivity contribution in [2.45, 2.75) is 45.8 Å². The molecule has 2 unspecified atom stereocenters. The van der Waals surface area contributed by atoms with Gasteiger partial charge in [0.2, 0.25) is 0 Å². The molecular formula is C12H23NO4S. The predicted molar refractivity (Wildman–Crippen MR) is 70.2 cm³/mol. The lowest BCUT2D eigenvalue weighted by Gasteiger charge is -2.29. The minimum absolute atomic E-state index is 0.0236. The molecule has 1 aliphatic rings. The third-order valence-corrected chi connectivity index (χ3v) is 5.17. The van der Waals surface area contributed by atoms with Crippen LogP contribution in [0, 0.1) is 0 Å². The summed E-state index contributed by atoms with van der Waals surface area (Å²) in [5.41, 5.74) is 0. The van der Waals surface area contributed by atoms with Gasteiger partial charge >= 0.3 is 0 Å². The van der Waals surface area contributed by atoms with Crippen molar-refractivity contribution in [1.82, 2.24) is 4.90 Å². The Balaban J connectivity index is 2.67. The number of sulfone groups is 1. The van der Waals surface area contributed by atoms with E-state index in [0.717, 1.165) is 12.8 Å². The quantitative estimate of drug-likeness (QED) is 0.721. The van der Waals surface area contributed by atoms with Gasteiger partial charge in [0.05, 0.1) is 5.75 Å². The van der Waals surface area contributed by atoms with E-state index in [-0.39, 0.29) is 29.6 Å². The van der Waals surface area contributed by atoms with Crippen molar-refractivity contribution in [3.63, 3.8) is 0 Å². The molecule has 0 aromatic heterocycles. The van der Waals surface area contributed by atoms with Crippen LogP contribution >= 0.6 is 0 Å². The second-order valence-corrected chi connectivity index (χ2v) is 7.07. The summed E-state index contributed by atoms with van der Waals surface area (Å²) in [6.45, 7) is 6.40. The first-order valence-corrected chi connectivity index (χ1v) is 8.36. The van der Waals surface area contributed by atoms with Crippen molar-refractivity contribution in [1.29, 1.82) is 0 Å². The van der Waals surface area contributed by atoms with E-state index in [1.807, 2.05) is 6.92 Å². The van der Waals surface area contributed by atoms with Crippen molar-refractivity contribution >= 4 is 15.7 Å². The lowest BCUT2D eigenvalue weighted by Crippen LogP contribution is -2.46. The molecule has 0 saturated carbocycles. The fourth-order valence-corrected chi connectivity index (χ4v) is 3.37. The molecule has 1 rings (SSSR count). The zero-order valence-electron chi connectivity index (χ0n) is 11.4. The first-order valence-electron chi connectivity index (χ1n) is 6.53. The number of carbonyl (C=O) groups is 1. The minimum atomic E-state index is -3.07. The maximum absolute atomic E-state index is 12.2.